The highest BCUT2D eigenvalue weighted by molar-refractivity contribution is 5.78. The fourth-order valence-electron chi connectivity index (χ4n) is 0.995. The third-order valence-corrected chi connectivity index (χ3v) is 2.07. The Kier molecular flexibility index (Phi) is 3.72. The van der Waals surface area contributed by atoms with E-state index >= 15 is 0 Å². The Morgan fingerprint density at radius 1 is 1.12 bits per heavy atom. The summed E-state index contributed by atoms with van der Waals surface area (Å²) in [6.45, 7) is 4.80. The topological polar surface area (TPSA) is 52.8 Å². The number of carbonyl (C=O) groups excluding carboxylic acids is 1. The van der Waals surface area contributed by atoms with Gasteiger partial charge in [0.15, 0.2) is 0 Å². The monoisotopic (exact) mass is 218 g/mol. The summed E-state index contributed by atoms with van der Waals surface area (Å²) in [7, 11) is 0. The van der Waals surface area contributed by atoms with Crippen LogP contribution in [0.5, 0.6) is 0 Å². The van der Waals surface area contributed by atoms with Gasteiger partial charge in [0, 0.05) is 11.7 Å². The number of carbonyl (C=O) groups is 1. The van der Waals surface area contributed by atoms with E-state index in [1.54, 1.807) is 20.8 Å². The second-order valence-electron chi connectivity index (χ2n) is 4.60. The second kappa shape index (κ2) is 4.84. The molecule has 3 nitrogen and oxygen atoms in total. The van der Waals surface area contributed by atoms with E-state index in [4.69, 9.17) is 0 Å². The van der Waals surface area contributed by atoms with E-state index in [0.29, 0.717) is 0 Å². The van der Waals surface area contributed by atoms with Crippen LogP contribution in [0.1, 0.15) is 20.8 Å². The van der Waals surface area contributed by atoms with Gasteiger partial charge in [-0.2, -0.15) is 0 Å². The minimum absolute atomic E-state index is 0.694. The molecular formula is C13H16NO2. The summed E-state index contributed by atoms with van der Waals surface area (Å²) in [4.78, 5) is 13.0. The van der Waals surface area contributed by atoms with Crippen molar-refractivity contribution in [2.24, 2.45) is 5.41 Å². The van der Waals surface area contributed by atoms with Gasteiger partial charge in [-0.25, -0.2) is 9.90 Å². The number of hydrogen-bond donors (Lipinski definition) is 1. The smallest absolute Gasteiger partial charge is 0.360 e. The maximum absolute atomic E-state index is 9.91. The van der Waals surface area contributed by atoms with Gasteiger partial charge in [0.2, 0.25) is 0 Å². The Hall–Kier alpha value is -1.77. The molecule has 0 spiro atoms. The van der Waals surface area contributed by atoms with Crippen molar-refractivity contribution in [3.63, 3.8) is 0 Å². The molecular weight excluding hydrogens is 202 g/mol. The first-order chi connectivity index (χ1) is 7.41. The predicted octanol–water partition coefficient (Wildman–Crippen LogP) is 3.16. The summed E-state index contributed by atoms with van der Waals surface area (Å²) in [6, 6.07) is 10.3. The number of benzene rings is 1. The van der Waals surface area contributed by atoms with Crippen LogP contribution < -0.4 is 0 Å². The number of hydrogen-bond acceptors (Lipinski definition) is 1. The van der Waals surface area contributed by atoms with Gasteiger partial charge in [-0.05, 0) is 38.3 Å². The van der Waals surface area contributed by atoms with E-state index in [2.05, 4.69) is 23.2 Å². The molecule has 2 rings (SSSR count). The lowest BCUT2D eigenvalue weighted by molar-refractivity contribution is -0.152. The Morgan fingerprint density at radius 2 is 1.69 bits per heavy atom. The lowest BCUT2D eigenvalue weighted by Gasteiger charge is -2.06. The molecule has 85 valence electrons. The summed E-state index contributed by atoms with van der Waals surface area (Å²) in [5.74, 6) is -1.01. The number of aromatic nitrogens is 1. The van der Waals surface area contributed by atoms with Crippen molar-refractivity contribution < 1.29 is 9.90 Å². The van der Waals surface area contributed by atoms with E-state index in [0.717, 1.165) is 0 Å². The summed E-state index contributed by atoms with van der Waals surface area (Å²) in [5, 5.41) is 11.2. The standard InChI is InChI=1S/C8H7N.C5H9O2/c1-2-4-8-7(3-1)5-6-9-8;1-5(2,3)4(6)7/h1-6,9H;1-3H3. The van der Waals surface area contributed by atoms with Crippen LogP contribution in [-0.2, 0) is 9.90 Å². The SMILES string of the molecule is CC(C)(C)C([O])=O.c1ccc2[nH]ccc2c1. The molecule has 0 aliphatic heterocycles. The molecule has 0 aliphatic rings. The summed E-state index contributed by atoms with van der Waals surface area (Å²) in [6.07, 6.45) is 1.95. The van der Waals surface area contributed by atoms with Gasteiger partial charge >= 0.3 is 5.97 Å². The fourth-order valence-corrected chi connectivity index (χ4v) is 0.995. The van der Waals surface area contributed by atoms with E-state index in [1.807, 2.05) is 18.3 Å². The van der Waals surface area contributed by atoms with Crippen molar-refractivity contribution in [1.82, 2.24) is 4.98 Å². The van der Waals surface area contributed by atoms with Crippen molar-refractivity contribution in [2.75, 3.05) is 0 Å². The molecule has 3 heteroatoms. The highest BCUT2D eigenvalue weighted by Crippen LogP contribution is 2.11. The van der Waals surface area contributed by atoms with Crippen LogP contribution in [0.2, 0.25) is 0 Å². The van der Waals surface area contributed by atoms with Crippen molar-refractivity contribution in [2.45, 2.75) is 20.8 Å². The van der Waals surface area contributed by atoms with Crippen LogP contribution in [0, 0.1) is 5.41 Å². The predicted molar refractivity (Wildman–Crippen MR) is 63.4 cm³/mol. The molecule has 1 aromatic carbocycles. The third kappa shape index (κ3) is 3.42. The highest BCUT2D eigenvalue weighted by Gasteiger charge is 2.21. The number of aromatic amines is 1. The van der Waals surface area contributed by atoms with Gasteiger partial charge in [-0.15, -0.1) is 0 Å². The third-order valence-electron chi connectivity index (χ3n) is 2.07. The normalized spacial score (nSPS) is 10.7. The molecule has 0 atom stereocenters. The Labute approximate surface area is 95.1 Å². The van der Waals surface area contributed by atoms with Crippen LogP contribution >= 0.6 is 0 Å². The molecule has 16 heavy (non-hydrogen) atoms. The molecule has 1 radical (unpaired) electrons. The Bertz CT molecular complexity index is 436. The molecule has 0 aliphatic carbocycles. The largest absolute Gasteiger partial charge is 0.361 e. The molecule has 1 heterocycles. The number of fused-ring (bicyclic) bond motifs is 1. The number of para-hydroxylation sites is 1. The van der Waals surface area contributed by atoms with Crippen molar-refractivity contribution in [3.05, 3.63) is 36.5 Å². The van der Waals surface area contributed by atoms with Crippen LogP contribution in [-0.4, -0.2) is 11.0 Å². The van der Waals surface area contributed by atoms with Crippen LogP contribution in [0.3, 0.4) is 0 Å². The van der Waals surface area contributed by atoms with E-state index in [1.165, 1.54) is 10.9 Å². The van der Waals surface area contributed by atoms with Gasteiger partial charge in [0.1, 0.15) is 0 Å². The summed E-state index contributed by atoms with van der Waals surface area (Å²) in [5.41, 5.74) is 0.512. The lowest BCUT2D eigenvalue weighted by atomic mass is 9.98. The van der Waals surface area contributed by atoms with Gasteiger partial charge in [0.25, 0.3) is 0 Å². The van der Waals surface area contributed by atoms with Crippen LogP contribution in [0.4, 0.5) is 0 Å². The number of H-pyrrole nitrogens is 1. The zero-order valence-electron chi connectivity index (χ0n) is 9.78. The summed E-state index contributed by atoms with van der Waals surface area (Å²) < 4.78 is 0. The van der Waals surface area contributed by atoms with Crippen molar-refractivity contribution in [3.8, 4) is 0 Å². The first-order valence-corrected chi connectivity index (χ1v) is 5.15. The summed E-state index contributed by atoms with van der Waals surface area (Å²) >= 11 is 0. The molecule has 2 aromatic rings. The average Bonchev–Trinajstić information content (AvgIpc) is 2.64. The van der Waals surface area contributed by atoms with Gasteiger partial charge < -0.3 is 4.98 Å². The van der Waals surface area contributed by atoms with E-state index < -0.39 is 11.4 Å². The number of nitrogens with one attached hydrogen (secondary N) is 1. The molecule has 1 N–H and O–H groups in total. The first-order valence-electron chi connectivity index (χ1n) is 5.15. The number of rotatable bonds is 0. The zero-order valence-corrected chi connectivity index (χ0v) is 9.78. The highest BCUT2D eigenvalue weighted by atomic mass is 16.4. The fraction of sp³-hybridized carbons (Fsp3) is 0.308. The van der Waals surface area contributed by atoms with Gasteiger partial charge in [-0.1, -0.05) is 18.2 Å². The molecule has 0 saturated carbocycles. The Morgan fingerprint density at radius 3 is 2.19 bits per heavy atom. The molecule has 0 unspecified atom stereocenters. The van der Waals surface area contributed by atoms with Crippen LogP contribution in [0.25, 0.3) is 10.9 Å². The molecule has 0 fully saturated rings. The zero-order chi connectivity index (χ0) is 12.2. The maximum Gasteiger partial charge on any atom is 0.360 e. The minimum Gasteiger partial charge on any atom is -0.361 e. The lowest BCUT2D eigenvalue weighted by Crippen LogP contribution is -2.17. The Balaban J connectivity index is 0.000000168. The minimum atomic E-state index is -1.01. The van der Waals surface area contributed by atoms with Gasteiger partial charge in [0.05, 0.1) is 5.41 Å². The molecule has 0 saturated heterocycles. The molecule has 1 aromatic heterocycles. The van der Waals surface area contributed by atoms with E-state index in [-0.39, 0.29) is 0 Å². The first kappa shape index (κ1) is 12.3. The van der Waals surface area contributed by atoms with E-state index in [9.17, 15) is 9.90 Å². The second-order valence-corrected chi connectivity index (χ2v) is 4.60. The van der Waals surface area contributed by atoms with Crippen LogP contribution in [0.15, 0.2) is 36.5 Å². The van der Waals surface area contributed by atoms with Gasteiger partial charge in [-0.3, -0.25) is 0 Å². The van der Waals surface area contributed by atoms with Crippen molar-refractivity contribution >= 4 is 16.9 Å². The maximum atomic E-state index is 9.91. The van der Waals surface area contributed by atoms with Crippen molar-refractivity contribution in [1.29, 1.82) is 0 Å². The molecule has 0 amide bonds. The molecule has 0 bridgehead atoms. The average molecular weight is 218 g/mol. The quantitative estimate of drug-likeness (QED) is 0.725.